The lowest BCUT2D eigenvalue weighted by Gasteiger charge is -2.49. The first kappa shape index (κ1) is 13.6. The van der Waals surface area contributed by atoms with Gasteiger partial charge in [-0.05, 0) is 67.8 Å². The van der Waals surface area contributed by atoms with Crippen LogP contribution < -0.4 is 0 Å². The Bertz CT molecular complexity index is 405. The van der Waals surface area contributed by atoms with Crippen LogP contribution in [0.25, 0.3) is 6.08 Å². The largest absolute Gasteiger partial charge is 0.298 e. The van der Waals surface area contributed by atoms with Gasteiger partial charge in [0.2, 0.25) is 0 Å². The van der Waals surface area contributed by atoms with Crippen molar-refractivity contribution in [2.45, 2.75) is 38.5 Å². The number of benzene rings is 1. The summed E-state index contributed by atoms with van der Waals surface area (Å²) >= 11 is 0. The van der Waals surface area contributed by atoms with Gasteiger partial charge in [-0.3, -0.25) is 4.79 Å². The quantitative estimate of drug-likeness (QED) is 0.692. The molecule has 0 N–H and O–H groups in total. The first-order valence-corrected chi connectivity index (χ1v) is 7.95. The van der Waals surface area contributed by atoms with Crippen molar-refractivity contribution in [2.75, 3.05) is 0 Å². The molecule has 4 saturated carbocycles. The highest BCUT2D eigenvalue weighted by molar-refractivity contribution is 5.81. The molecule has 0 saturated heterocycles. The third kappa shape index (κ3) is 2.87. The van der Waals surface area contributed by atoms with Gasteiger partial charge in [-0.2, -0.15) is 0 Å². The highest BCUT2D eigenvalue weighted by atomic mass is 16.1. The summed E-state index contributed by atoms with van der Waals surface area (Å²) in [5.74, 6) is 4.71. The Morgan fingerprint density at radius 2 is 1.20 bits per heavy atom. The molecular formula is C19H24O. The van der Waals surface area contributed by atoms with E-state index < -0.39 is 0 Å². The molecule has 0 radical (unpaired) electrons. The van der Waals surface area contributed by atoms with E-state index >= 15 is 0 Å². The Balaban J connectivity index is 0.000000121. The van der Waals surface area contributed by atoms with Crippen LogP contribution in [0.1, 0.15) is 54.4 Å². The average molecular weight is 268 g/mol. The number of carbonyl (C=O) groups is 1. The average Bonchev–Trinajstić information content (AvgIpc) is 2.46. The van der Waals surface area contributed by atoms with Crippen molar-refractivity contribution in [3.8, 4) is 0 Å². The van der Waals surface area contributed by atoms with Crippen LogP contribution in [0.15, 0.2) is 30.8 Å². The Morgan fingerprint density at radius 1 is 0.800 bits per heavy atom. The van der Waals surface area contributed by atoms with Crippen molar-refractivity contribution in [3.63, 3.8) is 0 Å². The normalized spacial score (nSPS) is 33.2. The SMILES string of the molecule is C1C2CC3CC1CC(C2)C3.C=Cc1ccccc1C=O. The molecule has 0 spiro atoms. The Kier molecular flexibility index (Phi) is 4.05. The van der Waals surface area contributed by atoms with Gasteiger partial charge >= 0.3 is 0 Å². The van der Waals surface area contributed by atoms with Gasteiger partial charge in [0.25, 0.3) is 0 Å². The lowest BCUT2D eigenvalue weighted by atomic mass is 9.56. The molecule has 1 heteroatoms. The second-order valence-corrected chi connectivity index (χ2v) is 6.83. The van der Waals surface area contributed by atoms with E-state index in [0.717, 1.165) is 11.8 Å². The van der Waals surface area contributed by atoms with E-state index in [9.17, 15) is 4.79 Å². The van der Waals surface area contributed by atoms with Gasteiger partial charge in [0, 0.05) is 5.56 Å². The van der Waals surface area contributed by atoms with E-state index in [1.165, 1.54) is 23.7 Å². The van der Waals surface area contributed by atoms with Crippen molar-refractivity contribution in [2.24, 2.45) is 23.7 Å². The van der Waals surface area contributed by atoms with Crippen molar-refractivity contribution < 1.29 is 4.79 Å². The zero-order chi connectivity index (χ0) is 13.9. The summed E-state index contributed by atoms with van der Waals surface area (Å²) in [5, 5.41) is 0. The maximum Gasteiger partial charge on any atom is 0.150 e. The first-order valence-electron chi connectivity index (χ1n) is 7.95. The summed E-state index contributed by atoms with van der Waals surface area (Å²) in [6.45, 7) is 3.58. The summed E-state index contributed by atoms with van der Waals surface area (Å²) in [7, 11) is 0. The predicted molar refractivity (Wildman–Crippen MR) is 83.6 cm³/mol. The maximum absolute atomic E-state index is 10.3. The second kappa shape index (κ2) is 5.95. The molecule has 0 aromatic heterocycles. The summed E-state index contributed by atoms with van der Waals surface area (Å²) in [4.78, 5) is 10.3. The lowest BCUT2D eigenvalue weighted by molar-refractivity contribution is 0.0198. The predicted octanol–water partition coefficient (Wildman–Crippen LogP) is 4.97. The standard InChI is InChI=1S/C10H16.C9H8O/c1-7-2-9-4-8(1)5-10(3-7)6-9;1-2-8-5-3-4-6-9(8)7-10/h7-10H,1-6H2;2-7H,1H2. The smallest absolute Gasteiger partial charge is 0.150 e. The lowest BCUT2D eigenvalue weighted by Crippen LogP contribution is -2.38. The van der Waals surface area contributed by atoms with Gasteiger partial charge in [0.05, 0.1) is 0 Å². The Morgan fingerprint density at radius 3 is 1.50 bits per heavy atom. The third-order valence-corrected chi connectivity index (χ3v) is 5.34. The summed E-state index contributed by atoms with van der Waals surface area (Å²) in [5.41, 5.74) is 1.58. The molecule has 4 aliphatic rings. The van der Waals surface area contributed by atoms with E-state index in [1.807, 2.05) is 18.2 Å². The van der Waals surface area contributed by atoms with Crippen molar-refractivity contribution in [1.29, 1.82) is 0 Å². The monoisotopic (exact) mass is 268 g/mol. The van der Waals surface area contributed by atoms with Gasteiger partial charge in [-0.15, -0.1) is 0 Å². The molecule has 0 atom stereocenters. The van der Waals surface area contributed by atoms with E-state index in [-0.39, 0.29) is 0 Å². The topological polar surface area (TPSA) is 17.1 Å². The van der Waals surface area contributed by atoms with Crippen molar-refractivity contribution >= 4 is 12.4 Å². The summed E-state index contributed by atoms with van der Waals surface area (Å²) < 4.78 is 0. The highest BCUT2D eigenvalue weighted by Crippen LogP contribution is 2.53. The molecular weight excluding hydrogens is 244 g/mol. The van der Waals surface area contributed by atoms with Gasteiger partial charge in [0.15, 0.2) is 6.29 Å². The molecule has 5 rings (SSSR count). The van der Waals surface area contributed by atoms with Crippen molar-refractivity contribution in [1.82, 2.24) is 0 Å². The molecule has 4 bridgehead atoms. The molecule has 0 heterocycles. The number of hydrogen-bond acceptors (Lipinski definition) is 1. The van der Waals surface area contributed by atoms with E-state index in [2.05, 4.69) is 6.58 Å². The zero-order valence-corrected chi connectivity index (χ0v) is 12.1. The Labute approximate surface area is 122 Å². The van der Waals surface area contributed by atoms with Crippen LogP contribution in [0.2, 0.25) is 0 Å². The molecule has 1 aromatic rings. The van der Waals surface area contributed by atoms with Crippen LogP contribution in [0, 0.1) is 23.7 Å². The highest BCUT2D eigenvalue weighted by Gasteiger charge is 2.41. The fourth-order valence-electron chi connectivity index (χ4n) is 4.79. The van der Waals surface area contributed by atoms with Gasteiger partial charge < -0.3 is 0 Å². The third-order valence-electron chi connectivity index (χ3n) is 5.34. The summed E-state index contributed by atoms with van der Waals surface area (Å²) in [6.07, 6.45) is 12.1. The van der Waals surface area contributed by atoms with Crippen LogP contribution in [0.3, 0.4) is 0 Å². The molecule has 4 fully saturated rings. The van der Waals surface area contributed by atoms with E-state index in [0.29, 0.717) is 5.56 Å². The number of hydrogen-bond donors (Lipinski definition) is 0. The van der Waals surface area contributed by atoms with E-state index in [1.54, 1.807) is 50.7 Å². The van der Waals surface area contributed by atoms with Crippen LogP contribution in [0.5, 0.6) is 0 Å². The molecule has 0 aliphatic heterocycles. The molecule has 0 unspecified atom stereocenters. The van der Waals surface area contributed by atoms with Gasteiger partial charge in [-0.1, -0.05) is 36.9 Å². The molecule has 20 heavy (non-hydrogen) atoms. The van der Waals surface area contributed by atoms with Crippen LogP contribution >= 0.6 is 0 Å². The molecule has 0 amide bonds. The molecule has 106 valence electrons. The number of carbonyl (C=O) groups excluding carboxylic acids is 1. The van der Waals surface area contributed by atoms with E-state index in [4.69, 9.17) is 0 Å². The zero-order valence-electron chi connectivity index (χ0n) is 12.1. The van der Waals surface area contributed by atoms with Crippen LogP contribution in [0.4, 0.5) is 0 Å². The van der Waals surface area contributed by atoms with Gasteiger partial charge in [0.1, 0.15) is 0 Å². The first-order chi connectivity index (χ1) is 9.78. The summed E-state index contributed by atoms with van der Waals surface area (Å²) in [6, 6.07) is 7.33. The van der Waals surface area contributed by atoms with Crippen molar-refractivity contribution in [3.05, 3.63) is 42.0 Å². The fourth-order valence-corrected chi connectivity index (χ4v) is 4.79. The Hall–Kier alpha value is -1.37. The molecule has 1 nitrogen and oxygen atoms in total. The van der Waals surface area contributed by atoms with Crippen LogP contribution in [-0.4, -0.2) is 6.29 Å². The van der Waals surface area contributed by atoms with Crippen LogP contribution in [-0.2, 0) is 0 Å². The molecule has 4 aliphatic carbocycles. The second-order valence-electron chi connectivity index (χ2n) is 6.83. The fraction of sp³-hybridized carbons (Fsp3) is 0.526. The minimum absolute atomic E-state index is 0.692. The molecule has 1 aromatic carbocycles. The maximum atomic E-state index is 10.3. The number of aldehydes is 1. The van der Waals surface area contributed by atoms with Gasteiger partial charge in [-0.25, -0.2) is 0 Å². The minimum atomic E-state index is 0.692. The number of rotatable bonds is 2. The minimum Gasteiger partial charge on any atom is -0.298 e.